The van der Waals surface area contributed by atoms with Crippen molar-refractivity contribution in [3.63, 3.8) is 0 Å². The molecule has 1 aromatic heterocycles. The Bertz CT molecular complexity index is 585. The molecule has 0 saturated carbocycles. The van der Waals surface area contributed by atoms with Crippen LogP contribution in [0.2, 0.25) is 0 Å². The third-order valence-corrected chi connectivity index (χ3v) is 3.88. The van der Waals surface area contributed by atoms with E-state index in [4.69, 9.17) is 4.18 Å². The predicted octanol–water partition coefficient (Wildman–Crippen LogP) is 2.20. The second-order valence-electron chi connectivity index (χ2n) is 3.89. The lowest BCUT2D eigenvalue weighted by molar-refractivity contribution is 0.232. The lowest BCUT2D eigenvalue weighted by Gasteiger charge is -2.08. The number of para-hydroxylation sites is 1. The van der Waals surface area contributed by atoms with E-state index >= 15 is 0 Å². The van der Waals surface area contributed by atoms with E-state index in [0.29, 0.717) is 6.42 Å². The summed E-state index contributed by atoms with van der Waals surface area (Å²) in [6.45, 7) is 1.73. The van der Waals surface area contributed by atoms with Crippen molar-refractivity contribution in [3.8, 4) is 0 Å². The fourth-order valence-electron chi connectivity index (χ4n) is 1.59. The molecule has 0 bridgehead atoms. The van der Waals surface area contributed by atoms with Gasteiger partial charge in [0.05, 0.1) is 27.6 Å². The summed E-state index contributed by atoms with van der Waals surface area (Å²) in [4.78, 5) is 4.43. The van der Waals surface area contributed by atoms with Crippen molar-refractivity contribution >= 4 is 31.7 Å². The van der Waals surface area contributed by atoms with Crippen LogP contribution in [0, 0.1) is 0 Å². The molecule has 0 fully saturated rings. The minimum atomic E-state index is -3.40. The Morgan fingerprint density at radius 1 is 1.41 bits per heavy atom. The van der Waals surface area contributed by atoms with Crippen molar-refractivity contribution < 1.29 is 12.6 Å². The molecule has 0 radical (unpaired) electrons. The van der Waals surface area contributed by atoms with E-state index in [-0.39, 0.29) is 6.10 Å². The Morgan fingerprint density at radius 3 is 2.76 bits per heavy atom. The molecular weight excluding hydrogens is 258 g/mol. The van der Waals surface area contributed by atoms with E-state index in [0.717, 1.165) is 21.5 Å². The first kappa shape index (κ1) is 12.5. The summed E-state index contributed by atoms with van der Waals surface area (Å²) in [5, 5.41) is 0.891. The molecule has 17 heavy (non-hydrogen) atoms. The molecule has 0 amide bonds. The molecule has 0 N–H and O–H groups in total. The minimum absolute atomic E-state index is 0.384. The van der Waals surface area contributed by atoms with E-state index < -0.39 is 10.1 Å². The van der Waals surface area contributed by atoms with Crippen molar-refractivity contribution in [2.24, 2.45) is 0 Å². The van der Waals surface area contributed by atoms with Gasteiger partial charge in [-0.1, -0.05) is 12.1 Å². The van der Waals surface area contributed by atoms with E-state index in [1.807, 2.05) is 24.3 Å². The molecule has 0 aliphatic heterocycles. The van der Waals surface area contributed by atoms with Gasteiger partial charge < -0.3 is 0 Å². The number of aromatic nitrogens is 1. The van der Waals surface area contributed by atoms with Crippen LogP contribution in [0.25, 0.3) is 10.2 Å². The summed E-state index contributed by atoms with van der Waals surface area (Å²) in [5.41, 5.74) is 0.944. The maximum absolute atomic E-state index is 11.0. The first-order valence-corrected chi connectivity index (χ1v) is 7.80. The van der Waals surface area contributed by atoms with Gasteiger partial charge in [-0.2, -0.15) is 8.42 Å². The zero-order chi connectivity index (χ0) is 12.5. The van der Waals surface area contributed by atoms with Gasteiger partial charge in [0.15, 0.2) is 0 Å². The van der Waals surface area contributed by atoms with Gasteiger partial charge in [-0.25, -0.2) is 4.98 Å². The number of thiazole rings is 1. The second-order valence-corrected chi connectivity index (χ2v) is 6.61. The van der Waals surface area contributed by atoms with E-state index in [1.165, 1.54) is 0 Å². The summed E-state index contributed by atoms with van der Waals surface area (Å²) < 4.78 is 27.9. The highest BCUT2D eigenvalue weighted by molar-refractivity contribution is 7.86. The van der Waals surface area contributed by atoms with E-state index in [1.54, 1.807) is 18.3 Å². The molecule has 92 valence electrons. The predicted molar refractivity (Wildman–Crippen MR) is 68.7 cm³/mol. The van der Waals surface area contributed by atoms with Crippen LogP contribution in [0.1, 0.15) is 11.9 Å². The van der Waals surface area contributed by atoms with Crippen molar-refractivity contribution in [3.05, 3.63) is 29.3 Å². The van der Waals surface area contributed by atoms with Crippen molar-refractivity contribution in [2.75, 3.05) is 6.26 Å². The fourth-order valence-corrected chi connectivity index (χ4v) is 3.33. The van der Waals surface area contributed by atoms with Crippen LogP contribution in [-0.4, -0.2) is 25.8 Å². The molecule has 1 atom stereocenters. The minimum Gasteiger partial charge on any atom is -0.267 e. The van der Waals surface area contributed by atoms with Crippen LogP contribution in [0.5, 0.6) is 0 Å². The highest BCUT2D eigenvalue weighted by Gasteiger charge is 2.13. The Hall–Kier alpha value is -0.980. The molecule has 4 nitrogen and oxygen atoms in total. The lowest BCUT2D eigenvalue weighted by Crippen LogP contribution is -2.16. The van der Waals surface area contributed by atoms with Crippen molar-refractivity contribution in [2.45, 2.75) is 19.4 Å². The second kappa shape index (κ2) is 4.72. The smallest absolute Gasteiger partial charge is 0.264 e. The topological polar surface area (TPSA) is 56.3 Å². The van der Waals surface area contributed by atoms with Gasteiger partial charge in [-0.15, -0.1) is 11.3 Å². The summed E-state index contributed by atoms with van der Waals surface area (Å²) in [5.74, 6) is 0. The maximum Gasteiger partial charge on any atom is 0.264 e. The highest BCUT2D eigenvalue weighted by Crippen LogP contribution is 2.23. The summed E-state index contributed by atoms with van der Waals surface area (Å²) in [6, 6.07) is 7.83. The summed E-state index contributed by atoms with van der Waals surface area (Å²) in [6.07, 6.45) is 1.18. The van der Waals surface area contributed by atoms with E-state index in [2.05, 4.69) is 4.98 Å². The molecule has 0 saturated heterocycles. The Balaban J connectivity index is 2.13. The molecule has 0 aliphatic carbocycles. The third kappa shape index (κ3) is 3.49. The molecule has 0 spiro atoms. The van der Waals surface area contributed by atoms with Crippen LogP contribution in [-0.2, 0) is 20.7 Å². The SMILES string of the molecule is C[C@H](Cc1nc2ccccc2s1)OS(C)(=O)=O. The molecule has 1 aromatic carbocycles. The van der Waals surface area contributed by atoms with Gasteiger partial charge in [-0.05, 0) is 19.1 Å². The van der Waals surface area contributed by atoms with Gasteiger partial charge >= 0.3 is 0 Å². The third-order valence-electron chi connectivity index (χ3n) is 2.14. The van der Waals surface area contributed by atoms with Gasteiger partial charge in [0, 0.05) is 6.42 Å². The van der Waals surface area contributed by atoms with Crippen LogP contribution in [0.3, 0.4) is 0 Å². The molecule has 6 heteroatoms. The monoisotopic (exact) mass is 271 g/mol. The molecule has 0 aliphatic rings. The Morgan fingerprint density at radius 2 is 2.12 bits per heavy atom. The molecule has 2 aromatic rings. The van der Waals surface area contributed by atoms with Crippen molar-refractivity contribution in [1.29, 1.82) is 0 Å². The first-order chi connectivity index (χ1) is 7.94. The largest absolute Gasteiger partial charge is 0.267 e. The zero-order valence-electron chi connectivity index (χ0n) is 9.58. The average molecular weight is 271 g/mol. The summed E-state index contributed by atoms with van der Waals surface area (Å²) >= 11 is 1.57. The number of fused-ring (bicyclic) bond motifs is 1. The number of benzene rings is 1. The van der Waals surface area contributed by atoms with Crippen LogP contribution in [0.15, 0.2) is 24.3 Å². The standard InChI is InChI=1S/C11H13NO3S2/c1-8(15-17(2,13)14)7-11-12-9-5-3-4-6-10(9)16-11/h3-6,8H,7H2,1-2H3/t8-/m1/s1. The number of rotatable bonds is 4. The Labute approximate surface area is 104 Å². The van der Waals surface area contributed by atoms with Crippen LogP contribution in [0.4, 0.5) is 0 Å². The summed E-state index contributed by atoms with van der Waals surface area (Å²) in [7, 11) is -3.40. The lowest BCUT2D eigenvalue weighted by atomic mass is 10.3. The molecule has 1 heterocycles. The number of hydrogen-bond acceptors (Lipinski definition) is 5. The van der Waals surface area contributed by atoms with Gasteiger partial charge in [0.2, 0.25) is 0 Å². The molecular formula is C11H13NO3S2. The Kier molecular flexibility index (Phi) is 3.46. The quantitative estimate of drug-likeness (QED) is 0.800. The maximum atomic E-state index is 11.0. The van der Waals surface area contributed by atoms with E-state index in [9.17, 15) is 8.42 Å². The van der Waals surface area contributed by atoms with Gasteiger partial charge in [-0.3, -0.25) is 4.18 Å². The average Bonchev–Trinajstić information content (AvgIpc) is 2.55. The molecule has 2 rings (SSSR count). The molecule has 0 unspecified atom stereocenters. The van der Waals surface area contributed by atoms with Crippen LogP contribution < -0.4 is 0 Å². The van der Waals surface area contributed by atoms with Crippen molar-refractivity contribution in [1.82, 2.24) is 4.98 Å². The van der Waals surface area contributed by atoms with Gasteiger partial charge in [0.1, 0.15) is 0 Å². The van der Waals surface area contributed by atoms with Crippen LogP contribution >= 0.6 is 11.3 Å². The fraction of sp³-hybridized carbons (Fsp3) is 0.364. The van der Waals surface area contributed by atoms with Gasteiger partial charge in [0.25, 0.3) is 10.1 Å². The normalized spacial score (nSPS) is 14.0. The zero-order valence-corrected chi connectivity index (χ0v) is 11.2. The highest BCUT2D eigenvalue weighted by atomic mass is 32.2. The number of hydrogen-bond donors (Lipinski definition) is 0. The number of nitrogens with zero attached hydrogens (tertiary/aromatic N) is 1. The first-order valence-electron chi connectivity index (χ1n) is 5.17.